The fraction of sp³-hybridized carbons (Fsp3) is 0.747. The van der Waals surface area contributed by atoms with Gasteiger partial charge in [-0.15, -0.1) is 0 Å². The number of ketones is 2. The average molecular weight is 1200 g/mol. The number of aliphatic hydroxyl groups is 1. The van der Waals surface area contributed by atoms with Crippen LogP contribution in [0.1, 0.15) is 362 Å². The first-order chi connectivity index (χ1) is 42.3. The van der Waals surface area contributed by atoms with Gasteiger partial charge in [-0.3, -0.25) is 19.2 Å². The Labute approximate surface area is 531 Å². The number of aliphatic hydroxyl groups excluding tert-OH is 1. The molecule has 0 heterocycles. The van der Waals surface area contributed by atoms with Crippen molar-refractivity contribution in [3.05, 3.63) is 97.2 Å². The molecule has 0 spiro atoms. The summed E-state index contributed by atoms with van der Waals surface area (Å²) in [6.07, 6.45) is 85.9. The lowest BCUT2D eigenvalue weighted by Crippen LogP contribution is -2.61. The van der Waals surface area contributed by atoms with E-state index in [0.717, 1.165) is 96.3 Å². The van der Waals surface area contributed by atoms with Gasteiger partial charge in [0, 0.05) is 25.7 Å². The van der Waals surface area contributed by atoms with Gasteiger partial charge >= 0.3 is 11.9 Å². The van der Waals surface area contributed by atoms with Gasteiger partial charge < -0.3 is 14.6 Å². The maximum atomic E-state index is 14.8. The zero-order valence-corrected chi connectivity index (χ0v) is 56.7. The molecule has 86 heavy (non-hydrogen) atoms. The van der Waals surface area contributed by atoms with Gasteiger partial charge in [0.25, 0.3) is 5.60 Å². The van der Waals surface area contributed by atoms with Crippen molar-refractivity contribution in [1.82, 2.24) is 0 Å². The van der Waals surface area contributed by atoms with Gasteiger partial charge in [0.1, 0.15) is 0 Å². The van der Waals surface area contributed by atoms with Crippen LogP contribution in [0.2, 0.25) is 0 Å². The number of hydrogen-bond donors (Lipinski definition) is 1. The van der Waals surface area contributed by atoms with Crippen LogP contribution < -0.4 is 0 Å². The predicted octanol–water partition coefficient (Wildman–Crippen LogP) is 24.1. The largest absolute Gasteiger partial charge is 0.455 e. The van der Waals surface area contributed by atoms with Crippen LogP contribution in [0.15, 0.2) is 97.2 Å². The van der Waals surface area contributed by atoms with E-state index in [9.17, 15) is 24.3 Å². The van der Waals surface area contributed by atoms with Crippen LogP contribution >= 0.6 is 0 Å². The molecule has 1 N–H and O–H groups in total. The Morgan fingerprint density at radius 3 is 0.837 bits per heavy atom. The third kappa shape index (κ3) is 53.2. The van der Waals surface area contributed by atoms with Crippen molar-refractivity contribution in [3.8, 4) is 0 Å². The van der Waals surface area contributed by atoms with E-state index < -0.39 is 41.8 Å². The van der Waals surface area contributed by atoms with Crippen molar-refractivity contribution in [2.75, 3.05) is 6.61 Å². The summed E-state index contributed by atoms with van der Waals surface area (Å²) >= 11 is 0. The normalized spacial score (nSPS) is 13.4. The highest BCUT2D eigenvalue weighted by Crippen LogP contribution is 2.30. The Hall–Kier alpha value is -3.84. The topological polar surface area (TPSA) is 107 Å². The average Bonchev–Trinajstić information content (AvgIpc) is 2.53. The van der Waals surface area contributed by atoms with Crippen LogP contribution in [0.4, 0.5) is 0 Å². The molecule has 0 aliphatic heterocycles. The highest BCUT2D eigenvalue weighted by Gasteiger charge is 2.56. The van der Waals surface area contributed by atoms with Gasteiger partial charge in [0.15, 0.2) is 17.7 Å². The molecule has 0 amide bonds. The summed E-state index contributed by atoms with van der Waals surface area (Å²) in [6.45, 7) is 8.17. The summed E-state index contributed by atoms with van der Waals surface area (Å²) in [4.78, 5) is 57.3. The minimum absolute atomic E-state index is 0.00642. The zero-order valence-electron chi connectivity index (χ0n) is 56.7. The second kappa shape index (κ2) is 67.1. The first-order valence-electron chi connectivity index (χ1n) is 36.6. The predicted molar refractivity (Wildman–Crippen MR) is 372 cm³/mol. The molecule has 7 heteroatoms. The van der Waals surface area contributed by atoms with Crippen LogP contribution in [0.5, 0.6) is 0 Å². The van der Waals surface area contributed by atoms with Crippen LogP contribution in [-0.2, 0) is 28.7 Å². The standard InChI is InChI=1S/C79H136O7/c1-5-9-13-17-21-25-29-33-37-39-43-46-50-54-58-62-66-70-75(82)79(74(81)69-65-61-57-53-49-45-41-35-31-27-23-19-15-11-7-3,86-78(84)72-68-64-60-56-52-48-42-36-32-28-24-20-16-12-8-4)76(73-80)85-77(83)71-67-63-59-55-51-47-44-40-38-34-30-26-22-18-14-10-6-2/h21-22,25-26,33-34,37-38,43-44,46-47,54-55,58-59,76,80H,5-20,23-24,27-32,35-36,39-42,45,48-53,56-57,60-73H2,1-4H3/b25-21-,26-22-,37-33-,38-34-,46-43-,47-44-,58-54-,59-55-. The molecule has 0 radical (unpaired) electrons. The summed E-state index contributed by atoms with van der Waals surface area (Å²) in [5.41, 5.74) is -2.41. The Morgan fingerprint density at radius 1 is 0.291 bits per heavy atom. The first kappa shape index (κ1) is 82.2. The zero-order chi connectivity index (χ0) is 62.6. The maximum absolute atomic E-state index is 14.8. The van der Waals surface area contributed by atoms with E-state index in [4.69, 9.17) is 9.47 Å². The number of esters is 2. The van der Waals surface area contributed by atoms with Crippen molar-refractivity contribution in [2.24, 2.45) is 0 Å². The molecule has 0 bridgehead atoms. The fourth-order valence-electron chi connectivity index (χ4n) is 10.9. The molecule has 0 aromatic heterocycles. The molecule has 0 rings (SSSR count). The molecule has 494 valence electrons. The molecular weight excluding hydrogens is 1060 g/mol. The van der Waals surface area contributed by atoms with Crippen molar-refractivity contribution < 1.29 is 33.8 Å². The van der Waals surface area contributed by atoms with Crippen LogP contribution in [0.25, 0.3) is 0 Å². The number of carbonyl (C=O) groups excluding carboxylic acids is 4. The number of rotatable bonds is 66. The first-order valence-corrected chi connectivity index (χ1v) is 36.6. The minimum atomic E-state index is -2.41. The lowest BCUT2D eigenvalue weighted by atomic mass is 9.82. The Morgan fingerprint density at radius 2 is 0.523 bits per heavy atom. The van der Waals surface area contributed by atoms with E-state index in [1.807, 2.05) is 12.2 Å². The summed E-state index contributed by atoms with van der Waals surface area (Å²) in [5, 5.41) is 11.1. The number of Topliss-reactive ketones (excluding diaryl/α,β-unsaturated/α-hetero) is 2. The van der Waals surface area contributed by atoms with E-state index in [0.29, 0.717) is 38.5 Å². The van der Waals surface area contributed by atoms with Crippen molar-refractivity contribution in [1.29, 1.82) is 0 Å². The second-order valence-electron chi connectivity index (χ2n) is 24.6. The summed E-state index contributed by atoms with van der Waals surface area (Å²) < 4.78 is 12.1. The highest BCUT2D eigenvalue weighted by atomic mass is 16.6. The van der Waals surface area contributed by atoms with Crippen LogP contribution in [-0.4, -0.2) is 46.9 Å². The molecule has 0 aliphatic rings. The third-order valence-corrected chi connectivity index (χ3v) is 16.4. The van der Waals surface area contributed by atoms with Gasteiger partial charge in [-0.25, -0.2) is 0 Å². The third-order valence-electron chi connectivity index (χ3n) is 16.4. The molecule has 2 unspecified atom stereocenters. The number of carbonyl (C=O) groups is 4. The Bertz CT molecular complexity index is 1780. The molecule has 7 nitrogen and oxygen atoms in total. The van der Waals surface area contributed by atoms with E-state index >= 15 is 0 Å². The Balaban J connectivity index is 5.94. The minimum Gasteiger partial charge on any atom is -0.455 e. The lowest BCUT2D eigenvalue weighted by molar-refractivity contribution is -0.196. The fourth-order valence-corrected chi connectivity index (χ4v) is 10.9. The lowest BCUT2D eigenvalue weighted by Gasteiger charge is -2.36. The summed E-state index contributed by atoms with van der Waals surface area (Å²) in [7, 11) is 0. The second-order valence-corrected chi connectivity index (χ2v) is 24.6. The molecular formula is C79H136O7. The van der Waals surface area contributed by atoms with E-state index in [-0.39, 0.29) is 25.7 Å². The summed E-state index contributed by atoms with van der Waals surface area (Å²) in [6, 6.07) is 0. The van der Waals surface area contributed by atoms with Gasteiger partial charge in [-0.05, 0) is 103 Å². The molecule has 2 atom stereocenters. The molecule has 0 saturated heterocycles. The van der Waals surface area contributed by atoms with Gasteiger partial charge in [0.05, 0.1) is 6.61 Å². The number of ether oxygens (including phenoxy) is 2. The maximum Gasteiger partial charge on any atom is 0.307 e. The van der Waals surface area contributed by atoms with Gasteiger partial charge in [-0.2, -0.15) is 0 Å². The van der Waals surface area contributed by atoms with Crippen LogP contribution in [0, 0.1) is 0 Å². The Kier molecular flexibility index (Phi) is 64.1. The molecule has 0 aromatic rings. The quantitative estimate of drug-likeness (QED) is 0.0280. The van der Waals surface area contributed by atoms with Crippen molar-refractivity contribution >= 4 is 23.5 Å². The van der Waals surface area contributed by atoms with E-state index in [2.05, 4.69) is 113 Å². The van der Waals surface area contributed by atoms with E-state index in [1.165, 1.54) is 173 Å². The highest BCUT2D eigenvalue weighted by molar-refractivity contribution is 6.12. The van der Waals surface area contributed by atoms with Crippen molar-refractivity contribution in [3.63, 3.8) is 0 Å². The SMILES string of the molecule is CCCCC/C=C\C/C=C\C/C=C\C/C=C\CCCC(=O)OC(CO)C(OC(=O)CCCCCCCCCCCCCCCCC)(C(=O)CCC/C=C\C/C=C\C/C=C\C/C=C\CCCCC)C(=O)CCCCCCCCCCCCCCCCC. The number of unbranched alkanes of at least 4 members (excludes halogenated alkanes) is 36. The monoisotopic (exact) mass is 1200 g/mol. The smallest absolute Gasteiger partial charge is 0.307 e. The van der Waals surface area contributed by atoms with Gasteiger partial charge in [-0.1, -0.05) is 330 Å². The molecule has 0 aromatic carbocycles. The molecule has 0 saturated carbocycles. The van der Waals surface area contributed by atoms with Gasteiger partial charge in [0.2, 0.25) is 0 Å². The van der Waals surface area contributed by atoms with Crippen molar-refractivity contribution in [2.45, 2.75) is 373 Å². The van der Waals surface area contributed by atoms with Crippen LogP contribution in [0.3, 0.4) is 0 Å². The van der Waals surface area contributed by atoms with E-state index in [1.54, 1.807) is 0 Å². The summed E-state index contributed by atoms with van der Waals surface area (Å²) in [5.74, 6) is -2.46. The number of hydrogen-bond acceptors (Lipinski definition) is 7. The molecule has 0 aliphatic carbocycles. The number of allylic oxidation sites excluding steroid dienone is 16. The molecule has 0 fully saturated rings.